The molecule has 1 fully saturated rings. The number of nitrogens with zero attached hydrogens (tertiary/aromatic N) is 1. The van der Waals surface area contributed by atoms with Gasteiger partial charge in [-0.25, -0.2) is 0 Å². The maximum atomic E-state index is 12.7. The summed E-state index contributed by atoms with van der Waals surface area (Å²) in [7, 11) is 1.59. The number of anilines is 1. The van der Waals surface area contributed by atoms with Crippen molar-refractivity contribution in [1.29, 1.82) is 0 Å². The fraction of sp³-hybridized carbons (Fsp3) is 0.0588. The smallest absolute Gasteiger partial charge is 0.270 e. The van der Waals surface area contributed by atoms with E-state index in [4.69, 9.17) is 40.2 Å². The van der Waals surface area contributed by atoms with Gasteiger partial charge in [0.05, 0.1) is 17.7 Å². The number of carbonyl (C=O) groups excluding carboxylic acids is 1. The highest BCUT2D eigenvalue weighted by molar-refractivity contribution is 8.27. The number of halogens is 2. The van der Waals surface area contributed by atoms with E-state index >= 15 is 0 Å². The van der Waals surface area contributed by atoms with Crippen LogP contribution in [-0.4, -0.2) is 17.3 Å². The first-order valence-corrected chi connectivity index (χ1v) is 8.85. The van der Waals surface area contributed by atoms with Crippen molar-refractivity contribution in [1.82, 2.24) is 0 Å². The molecular formula is C17H11Cl2NO2S2. The minimum Gasteiger partial charge on any atom is -0.497 e. The van der Waals surface area contributed by atoms with Crippen molar-refractivity contribution in [2.75, 3.05) is 12.0 Å². The zero-order valence-electron chi connectivity index (χ0n) is 12.5. The molecule has 0 aromatic heterocycles. The van der Waals surface area contributed by atoms with Crippen molar-refractivity contribution in [3.8, 4) is 5.75 Å². The molecule has 0 unspecified atom stereocenters. The van der Waals surface area contributed by atoms with Gasteiger partial charge in [0.15, 0.2) is 4.32 Å². The van der Waals surface area contributed by atoms with Crippen LogP contribution in [0.15, 0.2) is 47.4 Å². The molecule has 1 aliphatic rings. The van der Waals surface area contributed by atoms with Crippen LogP contribution in [-0.2, 0) is 4.79 Å². The molecule has 3 rings (SSSR count). The fourth-order valence-corrected chi connectivity index (χ4v) is 3.83. The number of thiocarbonyl (C=S) groups is 1. The SMILES string of the molecule is COc1ccc(N2C(=O)/C(=C/c3cc(Cl)ccc3Cl)SC2=S)cc1. The third-order valence-corrected chi connectivity index (χ3v) is 5.25. The van der Waals surface area contributed by atoms with Crippen molar-refractivity contribution in [2.45, 2.75) is 0 Å². The summed E-state index contributed by atoms with van der Waals surface area (Å²) in [4.78, 5) is 14.7. The lowest BCUT2D eigenvalue weighted by molar-refractivity contribution is -0.113. The van der Waals surface area contributed by atoms with Crippen LogP contribution in [0.5, 0.6) is 5.75 Å². The van der Waals surface area contributed by atoms with Gasteiger partial charge >= 0.3 is 0 Å². The highest BCUT2D eigenvalue weighted by Crippen LogP contribution is 2.37. The van der Waals surface area contributed by atoms with Crippen LogP contribution < -0.4 is 9.64 Å². The second-order valence-corrected chi connectivity index (χ2v) is 7.40. The number of rotatable bonds is 3. The lowest BCUT2D eigenvalue weighted by atomic mass is 10.2. The van der Waals surface area contributed by atoms with E-state index in [1.54, 1.807) is 55.7 Å². The van der Waals surface area contributed by atoms with Gasteiger partial charge < -0.3 is 4.74 Å². The minimum atomic E-state index is -0.189. The van der Waals surface area contributed by atoms with Crippen molar-refractivity contribution in [3.63, 3.8) is 0 Å². The van der Waals surface area contributed by atoms with Crippen LogP contribution in [0.4, 0.5) is 5.69 Å². The monoisotopic (exact) mass is 395 g/mol. The normalized spacial score (nSPS) is 16.1. The number of hydrogen-bond acceptors (Lipinski definition) is 4. The van der Waals surface area contributed by atoms with E-state index in [0.29, 0.717) is 36.3 Å². The van der Waals surface area contributed by atoms with Gasteiger partial charge in [-0.15, -0.1) is 0 Å². The zero-order chi connectivity index (χ0) is 17.3. The topological polar surface area (TPSA) is 29.5 Å². The molecule has 0 bridgehead atoms. The molecular weight excluding hydrogens is 385 g/mol. The molecule has 0 aliphatic carbocycles. The Bertz CT molecular complexity index is 850. The molecule has 2 aromatic rings. The molecule has 1 aliphatic heterocycles. The van der Waals surface area contributed by atoms with Crippen LogP contribution in [0.25, 0.3) is 6.08 Å². The molecule has 0 spiro atoms. The van der Waals surface area contributed by atoms with E-state index in [-0.39, 0.29) is 5.91 Å². The van der Waals surface area contributed by atoms with Crippen molar-refractivity contribution in [3.05, 3.63) is 63.0 Å². The zero-order valence-corrected chi connectivity index (χ0v) is 15.6. The molecule has 1 saturated heterocycles. The molecule has 0 radical (unpaired) electrons. The largest absolute Gasteiger partial charge is 0.497 e. The summed E-state index contributed by atoms with van der Waals surface area (Å²) in [6.45, 7) is 0. The first-order chi connectivity index (χ1) is 11.5. The Morgan fingerprint density at radius 1 is 1.17 bits per heavy atom. The predicted molar refractivity (Wildman–Crippen MR) is 105 cm³/mol. The third kappa shape index (κ3) is 3.44. The number of hydrogen-bond donors (Lipinski definition) is 0. The van der Waals surface area contributed by atoms with Crippen molar-refractivity contribution in [2.24, 2.45) is 0 Å². The van der Waals surface area contributed by atoms with Crippen LogP contribution in [0.2, 0.25) is 10.0 Å². The van der Waals surface area contributed by atoms with Gasteiger partial charge in [0, 0.05) is 10.0 Å². The van der Waals surface area contributed by atoms with Gasteiger partial charge in [0.2, 0.25) is 0 Å². The Hall–Kier alpha value is -1.53. The molecule has 7 heteroatoms. The summed E-state index contributed by atoms with van der Waals surface area (Å²) in [6, 6.07) is 12.3. The fourth-order valence-electron chi connectivity index (χ4n) is 2.19. The van der Waals surface area contributed by atoms with Crippen LogP contribution in [0.1, 0.15) is 5.56 Å². The number of benzene rings is 2. The Morgan fingerprint density at radius 2 is 1.88 bits per heavy atom. The second kappa shape index (κ2) is 7.15. The van der Waals surface area contributed by atoms with Gasteiger partial charge in [-0.2, -0.15) is 0 Å². The molecule has 0 atom stereocenters. The highest BCUT2D eigenvalue weighted by Gasteiger charge is 2.33. The van der Waals surface area contributed by atoms with Gasteiger partial charge in [0.1, 0.15) is 5.75 Å². The van der Waals surface area contributed by atoms with E-state index in [1.807, 2.05) is 0 Å². The van der Waals surface area contributed by atoms with Gasteiger partial charge in [-0.3, -0.25) is 9.69 Å². The molecule has 0 saturated carbocycles. The van der Waals surface area contributed by atoms with E-state index < -0.39 is 0 Å². The number of thioether (sulfide) groups is 1. The summed E-state index contributed by atoms with van der Waals surface area (Å²) in [5.74, 6) is 0.525. The number of ether oxygens (including phenoxy) is 1. The van der Waals surface area contributed by atoms with E-state index in [9.17, 15) is 4.79 Å². The summed E-state index contributed by atoms with van der Waals surface area (Å²) in [5.41, 5.74) is 1.37. The van der Waals surface area contributed by atoms with Crippen molar-refractivity contribution < 1.29 is 9.53 Å². The third-order valence-electron chi connectivity index (χ3n) is 3.37. The summed E-state index contributed by atoms with van der Waals surface area (Å²) < 4.78 is 5.60. The molecule has 24 heavy (non-hydrogen) atoms. The second-order valence-electron chi connectivity index (χ2n) is 4.88. The molecule has 122 valence electrons. The first kappa shape index (κ1) is 17.3. The highest BCUT2D eigenvalue weighted by atomic mass is 35.5. The lowest BCUT2D eigenvalue weighted by Crippen LogP contribution is -2.27. The summed E-state index contributed by atoms with van der Waals surface area (Å²) in [6.07, 6.45) is 1.71. The number of carbonyl (C=O) groups is 1. The van der Waals surface area contributed by atoms with Crippen LogP contribution in [0.3, 0.4) is 0 Å². The maximum Gasteiger partial charge on any atom is 0.270 e. The Morgan fingerprint density at radius 3 is 2.54 bits per heavy atom. The molecule has 1 heterocycles. The van der Waals surface area contributed by atoms with Gasteiger partial charge in [-0.1, -0.05) is 47.2 Å². The maximum absolute atomic E-state index is 12.7. The van der Waals surface area contributed by atoms with Crippen LogP contribution >= 0.6 is 47.2 Å². The van der Waals surface area contributed by atoms with Crippen LogP contribution in [0, 0.1) is 0 Å². The molecule has 0 N–H and O–H groups in total. The Balaban J connectivity index is 1.93. The molecule has 3 nitrogen and oxygen atoms in total. The molecule has 1 amide bonds. The molecule has 2 aromatic carbocycles. The standard InChI is InChI=1S/C17H11Cl2NO2S2/c1-22-13-5-3-12(4-6-13)20-16(21)15(24-17(20)23)9-10-8-11(18)2-7-14(10)19/h2-9H,1H3/b15-9-. The summed E-state index contributed by atoms with van der Waals surface area (Å²) in [5, 5.41) is 1.07. The van der Waals surface area contributed by atoms with E-state index in [0.717, 1.165) is 0 Å². The van der Waals surface area contributed by atoms with E-state index in [1.165, 1.54) is 16.7 Å². The first-order valence-electron chi connectivity index (χ1n) is 6.86. The van der Waals surface area contributed by atoms with Crippen molar-refractivity contribution >= 4 is 69.2 Å². The minimum absolute atomic E-state index is 0.189. The van der Waals surface area contributed by atoms with Gasteiger partial charge in [-0.05, 0) is 54.1 Å². The van der Waals surface area contributed by atoms with E-state index in [2.05, 4.69) is 0 Å². The Labute approximate surface area is 159 Å². The number of amides is 1. The Kier molecular flexibility index (Phi) is 5.15. The quantitative estimate of drug-likeness (QED) is 0.513. The predicted octanol–water partition coefficient (Wildman–Crippen LogP) is 5.41. The average Bonchev–Trinajstić information content (AvgIpc) is 2.85. The summed E-state index contributed by atoms with van der Waals surface area (Å²) >= 11 is 18.7. The average molecular weight is 396 g/mol. The number of methoxy groups -OCH3 is 1. The van der Waals surface area contributed by atoms with Gasteiger partial charge in [0.25, 0.3) is 5.91 Å². The lowest BCUT2D eigenvalue weighted by Gasteiger charge is -2.14.